The number of carbonyl (C=O) groups excluding carboxylic acids is 1. The van der Waals surface area contributed by atoms with Crippen molar-refractivity contribution in [3.63, 3.8) is 0 Å². The van der Waals surface area contributed by atoms with Gasteiger partial charge in [0.1, 0.15) is 4.21 Å². The lowest BCUT2D eigenvalue weighted by Gasteiger charge is -2.20. The molecule has 0 bridgehead atoms. The summed E-state index contributed by atoms with van der Waals surface area (Å²) >= 11 is 6.69. The van der Waals surface area contributed by atoms with Gasteiger partial charge in [-0.25, -0.2) is 8.42 Å². The van der Waals surface area contributed by atoms with Crippen LogP contribution >= 0.6 is 22.9 Å². The minimum atomic E-state index is -3.68. The second-order valence-electron chi connectivity index (χ2n) is 4.43. The highest BCUT2D eigenvalue weighted by molar-refractivity contribution is 7.91. The predicted octanol–water partition coefficient (Wildman–Crippen LogP) is 1.69. The Balaban J connectivity index is 2.05. The van der Waals surface area contributed by atoms with Crippen molar-refractivity contribution >= 4 is 38.9 Å². The molecule has 0 aromatic carbocycles. The first-order chi connectivity index (χ1) is 8.90. The van der Waals surface area contributed by atoms with Gasteiger partial charge in [0.05, 0.1) is 10.4 Å². The van der Waals surface area contributed by atoms with Crippen LogP contribution in [-0.2, 0) is 14.8 Å². The summed E-state index contributed by atoms with van der Waals surface area (Å²) in [6.07, 6.45) is 1.96. The molecule has 2 heterocycles. The van der Waals surface area contributed by atoms with Crippen LogP contribution in [0.25, 0.3) is 0 Å². The number of sulfonamides is 1. The predicted molar refractivity (Wildman–Crippen MR) is 74.9 cm³/mol. The number of likely N-dealkylation sites (tertiary alicyclic amines) is 1. The first-order valence-electron chi connectivity index (χ1n) is 5.96. The van der Waals surface area contributed by atoms with E-state index in [1.807, 2.05) is 0 Å². The lowest BCUT2D eigenvalue weighted by molar-refractivity contribution is -0.131. The molecule has 2 rings (SSSR count). The number of thiophene rings is 1. The van der Waals surface area contributed by atoms with Gasteiger partial charge in [-0.15, -0.1) is 11.3 Å². The van der Waals surface area contributed by atoms with Crippen LogP contribution in [-0.4, -0.2) is 38.4 Å². The Bertz CT molecular complexity index is 564. The normalized spacial score (nSPS) is 17.7. The van der Waals surface area contributed by atoms with Gasteiger partial charge in [0.2, 0.25) is 5.91 Å². The van der Waals surface area contributed by atoms with Gasteiger partial charge in [0.15, 0.2) is 0 Å². The smallest absolute Gasteiger partial charge is 0.250 e. The number of nitrogens with one attached hydrogen (secondary N) is 1. The molecule has 0 unspecified atom stereocenters. The van der Waals surface area contributed by atoms with Gasteiger partial charge in [-0.05, 0) is 31.9 Å². The lowest BCUT2D eigenvalue weighted by atomic mass is 10.3. The number of hydrogen-bond donors (Lipinski definition) is 1. The summed E-state index contributed by atoms with van der Waals surface area (Å²) < 4.78 is 27.0. The maximum Gasteiger partial charge on any atom is 0.250 e. The van der Waals surface area contributed by atoms with Gasteiger partial charge in [0, 0.05) is 13.1 Å². The molecule has 19 heavy (non-hydrogen) atoms. The Hall–Kier alpha value is -0.630. The minimum Gasteiger partial charge on any atom is -0.341 e. The number of rotatable bonds is 4. The molecule has 1 N–H and O–H groups in total. The third-order valence-electron chi connectivity index (χ3n) is 2.93. The fourth-order valence-electron chi connectivity index (χ4n) is 1.99. The van der Waals surface area contributed by atoms with E-state index < -0.39 is 16.1 Å². The maximum absolute atomic E-state index is 12.0. The van der Waals surface area contributed by atoms with Crippen LogP contribution in [0.1, 0.15) is 19.8 Å². The molecule has 0 spiro atoms. The molecule has 1 atom stereocenters. The summed E-state index contributed by atoms with van der Waals surface area (Å²) in [5, 5.41) is 0. The van der Waals surface area contributed by atoms with E-state index in [2.05, 4.69) is 4.72 Å². The molecule has 1 aromatic heterocycles. The van der Waals surface area contributed by atoms with E-state index in [9.17, 15) is 13.2 Å². The molecule has 1 amide bonds. The molecular weight excluding hydrogens is 308 g/mol. The van der Waals surface area contributed by atoms with Crippen molar-refractivity contribution in [2.24, 2.45) is 0 Å². The van der Waals surface area contributed by atoms with Gasteiger partial charge in [-0.3, -0.25) is 4.79 Å². The van der Waals surface area contributed by atoms with Crippen LogP contribution in [0.5, 0.6) is 0 Å². The highest BCUT2D eigenvalue weighted by atomic mass is 35.5. The molecule has 0 saturated carbocycles. The second kappa shape index (κ2) is 5.78. The van der Waals surface area contributed by atoms with Crippen LogP contribution in [0, 0.1) is 0 Å². The number of amides is 1. The SMILES string of the molecule is C[C@H](NS(=O)(=O)c1ccc(Cl)s1)C(=O)N1CCCC1. The van der Waals surface area contributed by atoms with Gasteiger partial charge in [0.25, 0.3) is 10.0 Å². The van der Waals surface area contributed by atoms with E-state index in [-0.39, 0.29) is 10.1 Å². The van der Waals surface area contributed by atoms with E-state index in [4.69, 9.17) is 11.6 Å². The quantitative estimate of drug-likeness (QED) is 0.917. The van der Waals surface area contributed by atoms with Crippen LogP contribution in [0.15, 0.2) is 16.3 Å². The Kier molecular flexibility index (Phi) is 4.50. The summed E-state index contributed by atoms with van der Waals surface area (Å²) in [5.41, 5.74) is 0. The van der Waals surface area contributed by atoms with E-state index in [0.29, 0.717) is 17.4 Å². The van der Waals surface area contributed by atoms with Crippen LogP contribution in [0.2, 0.25) is 4.34 Å². The molecule has 1 aliphatic heterocycles. The topological polar surface area (TPSA) is 66.5 Å². The van der Waals surface area contributed by atoms with Crippen molar-refractivity contribution in [3.8, 4) is 0 Å². The summed E-state index contributed by atoms with van der Waals surface area (Å²) in [4.78, 5) is 13.7. The summed E-state index contributed by atoms with van der Waals surface area (Å²) in [6.45, 7) is 2.97. The zero-order chi connectivity index (χ0) is 14.0. The molecule has 1 aliphatic rings. The highest BCUT2D eigenvalue weighted by Crippen LogP contribution is 2.25. The van der Waals surface area contributed by atoms with Crippen molar-refractivity contribution in [2.45, 2.75) is 30.0 Å². The van der Waals surface area contributed by atoms with E-state index in [1.165, 1.54) is 12.1 Å². The number of halogens is 1. The Morgan fingerprint density at radius 3 is 2.58 bits per heavy atom. The lowest BCUT2D eigenvalue weighted by Crippen LogP contribution is -2.45. The van der Waals surface area contributed by atoms with Gasteiger partial charge in [-0.1, -0.05) is 11.6 Å². The zero-order valence-electron chi connectivity index (χ0n) is 10.4. The van der Waals surface area contributed by atoms with Crippen molar-refractivity contribution < 1.29 is 13.2 Å². The first kappa shape index (κ1) is 14.8. The Morgan fingerprint density at radius 1 is 1.42 bits per heavy atom. The van der Waals surface area contributed by atoms with Crippen molar-refractivity contribution in [1.82, 2.24) is 9.62 Å². The average Bonchev–Trinajstić information content (AvgIpc) is 2.97. The molecule has 106 valence electrons. The zero-order valence-corrected chi connectivity index (χ0v) is 12.8. The van der Waals surface area contributed by atoms with Gasteiger partial charge >= 0.3 is 0 Å². The molecule has 1 fully saturated rings. The van der Waals surface area contributed by atoms with Crippen molar-refractivity contribution in [3.05, 3.63) is 16.5 Å². The number of nitrogens with zero attached hydrogens (tertiary/aromatic N) is 1. The standard InChI is InChI=1S/C11H15ClN2O3S2/c1-8(11(15)14-6-2-3-7-14)13-19(16,17)10-5-4-9(12)18-10/h4-5,8,13H,2-3,6-7H2,1H3/t8-/m0/s1. The van der Waals surface area contributed by atoms with Gasteiger partial charge in [-0.2, -0.15) is 4.72 Å². The van der Waals surface area contributed by atoms with Crippen molar-refractivity contribution in [2.75, 3.05) is 13.1 Å². The van der Waals surface area contributed by atoms with Crippen LogP contribution in [0.3, 0.4) is 0 Å². The third kappa shape index (κ3) is 3.47. The first-order valence-corrected chi connectivity index (χ1v) is 8.64. The van der Waals surface area contributed by atoms with Crippen molar-refractivity contribution in [1.29, 1.82) is 0 Å². The van der Waals surface area contributed by atoms with E-state index >= 15 is 0 Å². The number of hydrogen-bond acceptors (Lipinski definition) is 4. The minimum absolute atomic E-state index is 0.124. The monoisotopic (exact) mass is 322 g/mol. The second-order valence-corrected chi connectivity index (χ2v) is 8.09. The Labute approximate surface area is 121 Å². The molecule has 1 aromatic rings. The fraction of sp³-hybridized carbons (Fsp3) is 0.545. The molecule has 5 nitrogen and oxygen atoms in total. The molecular formula is C11H15ClN2O3S2. The van der Waals surface area contributed by atoms with Crippen LogP contribution in [0.4, 0.5) is 0 Å². The highest BCUT2D eigenvalue weighted by Gasteiger charge is 2.27. The largest absolute Gasteiger partial charge is 0.341 e. The molecule has 8 heteroatoms. The maximum atomic E-state index is 12.0. The third-order valence-corrected chi connectivity index (χ3v) is 6.20. The Morgan fingerprint density at radius 2 is 2.05 bits per heavy atom. The summed E-state index contributed by atoms with van der Waals surface area (Å²) in [6, 6.07) is 2.19. The molecule has 0 radical (unpaired) electrons. The average molecular weight is 323 g/mol. The summed E-state index contributed by atoms with van der Waals surface area (Å²) in [7, 11) is -3.68. The van der Waals surface area contributed by atoms with Crippen LogP contribution < -0.4 is 4.72 Å². The molecule has 0 aliphatic carbocycles. The summed E-state index contributed by atoms with van der Waals surface area (Å²) in [5.74, 6) is -0.177. The molecule has 1 saturated heterocycles. The van der Waals surface area contributed by atoms with E-state index in [0.717, 1.165) is 24.2 Å². The van der Waals surface area contributed by atoms with Gasteiger partial charge < -0.3 is 4.90 Å². The van der Waals surface area contributed by atoms with E-state index in [1.54, 1.807) is 11.8 Å². The fourth-order valence-corrected chi connectivity index (χ4v) is 4.69. The number of carbonyl (C=O) groups is 1.